The van der Waals surface area contributed by atoms with Crippen LogP contribution in [0.4, 0.5) is 11.8 Å². The fourth-order valence-corrected chi connectivity index (χ4v) is 3.80. The number of fused-ring (bicyclic) bond motifs is 4. The zero-order valence-electron chi connectivity index (χ0n) is 14.7. The number of hydrogen-bond donors (Lipinski definition) is 1. The van der Waals surface area contributed by atoms with E-state index in [1.807, 2.05) is 23.1 Å². The molecule has 0 spiro atoms. The van der Waals surface area contributed by atoms with Gasteiger partial charge in [0.25, 0.3) is 0 Å². The zero-order valence-corrected chi connectivity index (χ0v) is 14.7. The van der Waals surface area contributed by atoms with Gasteiger partial charge in [-0.05, 0) is 25.0 Å². The monoisotopic (exact) mass is 354 g/mol. The molecule has 26 heavy (non-hydrogen) atoms. The van der Waals surface area contributed by atoms with Gasteiger partial charge in [-0.15, -0.1) is 0 Å². The summed E-state index contributed by atoms with van der Waals surface area (Å²) >= 11 is 0. The van der Waals surface area contributed by atoms with Crippen LogP contribution in [-0.4, -0.2) is 52.0 Å². The van der Waals surface area contributed by atoms with Crippen LogP contribution in [0.15, 0.2) is 30.5 Å². The molecule has 3 saturated heterocycles. The molecular weight excluding hydrogens is 332 g/mol. The van der Waals surface area contributed by atoms with Crippen LogP contribution in [0.5, 0.6) is 5.88 Å². The number of nitrogen functional groups attached to an aromatic ring is 1. The maximum atomic E-state index is 13.0. The van der Waals surface area contributed by atoms with Gasteiger partial charge in [0.1, 0.15) is 5.82 Å². The Balaban J connectivity index is 1.60. The number of pyridine rings is 1. The summed E-state index contributed by atoms with van der Waals surface area (Å²) in [5, 5.41) is 0. The number of carbonyl (C=O) groups excluding carboxylic acids is 1. The van der Waals surface area contributed by atoms with Crippen LogP contribution in [-0.2, 0) is 11.3 Å². The van der Waals surface area contributed by atoms with Gasteiger partial charge < -0.3 is 20.3 Å². The number of methoxy groups -OCH3 is 1. The molecule has 0 saturated carbocycles. The summed E-state index contributed by atoms with van der Waals surface area (Å²) in [7, 11) is 1.55. The van der Waals surface area contributed by atoms with Crippen molar-refractivity contribution in [2.24, 2.45) is 5.92 Å². The SMILES string of the molecule is COc1cc(N2C[C@@H]3CC[C@H](C2)N(Cc2ccccn2)C3=O)nc(N)n1. The fourth-order valence-electron chi connectivity index (χ4n) is 3.80. The highest BCUT2D eigenvalue weighted by Crippen LogP contribution is 2.32. The second kappa shape index (κ2) is 6.78. The number of aromatic nitrogens is 3. The average Bonchev–Trinajstić information content (AvgIpc) is 2.95. The molecule has 0 aromatic carbocycles. The Kier molecular flexibility index (Phi) is 4.32. The van der Waals surface area contributed by atoms with Crippen LogP contribution in [0.25, 0.3) is 0 Å². The van der Waals surface area contributed by atoms with E-state index in [4.69, 9.17) is 10.5 Å². The predicted molar refractivity (Wildman–Crippen MR) is 96.5 cm³/mol. The first-order valence-corrected chi connectivity index (χ1v) is 8.78. The van der Waals surface area contributed by atoms with E-state index in [9.17, 15) is 4.79 Å². The largest absolute Gasteiger partial charge is 0.481 e. The number of nitrogens with two attached hydrogens (primary N) is 1. The smallest absolute Gasteiger partial charge is 0.228 e. The number of carbonyl (C=O) groups is 1. The Morgan fingerprint density at radius 3 is 2.92 bits per heavy atom. The third-order valence-electron chi connectivity index (χ3n) is 5.09. The molecule has 5 rings (SSSR count). The third kappa shape index (κ3) is 3.14. The average molecular weight is 354 g/mol. The van der Waals surface area contributed by atoms with Gasteiger partial charge >= 0.3 is 0 Å². The molecule has 2 bridgehead atoms. The van der Waals surface area contributed by atoms with Crippen molar-refractivity contribution in [1.82, 2.24) is 19.9 Å². The number of rotatable bonds is 4. The minimum atomic E-state index is -0.0420. The van der Waals surface area contributed by atoms with Gasteiger partial charge in [-0.2, -0.15) is 9.97 Å². The van der Waals surface area contributed by atoms with E-state index < -0.39 is 0 Å². The van der Waals surface area contributed by atoms with Crippen molar-refractivity contribution in [2.45, 2.75) is 25.4 Å². The Morgan fingerprint density at radius 1 is 1.27 bits per heavy atom. The highest BCUT2D eigenvalue weighted by Gasteiger charge is 2.41. The Labute approximate surface area is 152 Å². The molecule has 8 heteroatoms. The Morgan fingerprint density at radius 2 is 2.15 bits per heavy atom. The van der Waals surface area contributed by atoms with Gasteiger partial charge in [0.2, 0.25) is 17.7 Å². The minimum Gasteiger partial charge on any atom is -0.481 e. The van der Waals surface area contributed by atoms with Gasteiger partial charge in [0.05, 0.1) is 25.3 Å². The number of anilines is 2. The molecule has 136 valence electrons. The summed E-state index contributed by atoms with van der Waals surface area (Å²) < 4.78 is 5.20. The van der Waals surface area contributed by atoms with E-state index in [1.54, 1.807) is 19.4 Å². The number of ether oxygens (including phenoxy) is 1. The maximum absolute atomic E-state index is 13.0. The van der Waals surface area contributed by atoms with Crippen molar-refractivity contribution in [3.05, 3.63) is 36.2 Å². The van der Waals surface area contributed by atoms with Gasteiger partial charge in [-0.1, -0.05) is 6.07 Å². The topological polar surface area (TPSA) is 97.5 Å². The summed E-state index contributed by atoms with van der Waals surface area (Å²) in [6.45, 7) is 1.90. The van der Waals surface area contributed by atoms with Crippen LogP contribution < -0.4 is 15.4 Å². The highest BCUT2D eigenvalue weighted by molar-refractivity contribution is 5.81. The van der Waals surface area contributed by atoms with Crippen LogP contribution in [0, 0.1) is 5.92 Å². The van der Waals surface area contributed by atoms with Crippen molar-refractivity contribution in [1.29, 1.82) is 0 Å². The number of amides is 1. The lowest BCUT2D eigenvalue weighted by Gasteiger charge is -2.35. The van der Waals surface area contributed by atoms with Crippen molar-refractivity contribution < 1.29 is 9.53 Å². The van der Waals surface area contributed by atoms with Crippen LogP contribution in [0.3, 0.4) is 0 Å². The van der Waals surface area contributed by atoms with E-state index in [0.29, 0.717) is 31.3 Å². The van der Waals surface area contributed by atoms with Crippen molar-refractivity contribution in [3.63, 3.8) is 0 Å². The van der Waals surface area contributed by atoms with Gasteiger partial charge in [-0.25, -0.2) is 0 Å². The summed E-state index contributed by atoms with van der Waals surface area (Å²) in [5.41, 5.74) is 6.72. The fraction of sp³-hybridized carbons (Fsp3) is 0.444. The van der Waals surface area contributed by atoms with Crippen molar-refractivity contribution in [3.8, 4) is 5.88 Å². The zero-order chi connectivity index (χ0) is 18.1. The second-order valence-corrected chi connectivity index (χ2v) is 6.75. The molecule has 0 aliphatic carbocycles. The lowest BCUT2D eigenvalue weighted by molar-refractivity contribution is -0.140. The first-order valence-electron chi connectivity index (χ1n) is 8.78. The number of nitrogens with zero attached hydrogens (tertiary/aromatic N) is 5. The molecule has 1 amide bonds. The molecule has 0 unspecified atom stereocenters. The quantitative estimate of drug-likeness (QED) is 0.877. The van der Waals surface area contributed by atoms with Crippen LogP contribution >= 0.6 is 0 Å². The molecule has 3 aliphatic heterocycles. The molecule has 3 aliphatic rings. The van der Waals surface area contributed by atoms with E-state index in [-0.39, 0.29) is 23.8 Å². The van der Waals surface area contributed by atoms with E-state index in [0.717, 1.165) is 18.5 Å². The van der Waals surface area contributed by atoms with E-state index in [2.05, 4.69) is 19.9 Å². The number of hydrogen-bond acceptors (Lipinski definition) is 7. The molecule has 5 heterocycles. The van der Waals surface area contributed by atoms with Crippen molar-refractivity contribution in [2.75, 3.05) is 30.8 Å². The lowest BCUT2D eigenvalue weighted by Crippen LogP contribution is -2.47. The van der Waals surface area contributed by atoms with E-state index in [1.165, 1.54) is 0 Å². The molecular formula is C18H22N6O2. The molecule has 3 fully saturated rings. The second-order valence-electron chi connectivity index (χ2n) is 6.75. The molecule has 2 atom stereocenters. The van der Waals surface area contributed by atoms with Crippen LogP contribution in [0.2, 0.25) is 0 Å². The first kappa shape index (κ1) is 16.6. The molecule has 2 aromatic rings. The molecule has 0 radical (unpaired) electrons. The Hall–Kier alpha value is -2.90. The lowest BCUT2D eigenvalue weighted by atomic mass is 9.94. The van der Waals surface area contributed by atoms with Gasteiger partial charge in [0.15, 0.2) is 0 Å². The summed E-state index contributed by atoms with van der Waals surface area (Å²) in [5.74, 6) is 1.47. The van der Waals surface area contributed by atoms with Gasteiger partial charge in [0, 0.05) is 31.4 Å². The number of piperidine rings is 1. The predicted octanol–water partition coefficient (Wildman–Crippen LogP) is 1.09. The summed E-state index contributed by atoms with van der Waals surface area (Å²) in [6, 6.07) is 7.69. The standard InChI is InChI=1S/C18H22N6O2/c1-26-16-8-15(21-18(19)22-16)23-9-12-5-6-14(11-23)24(17(12)25)10-13-4-2-3-7-20-13/h2-4,7-8,12,14H,5-6,9-11H2,1H3,(H2,19,21,22)/t12-,14+/m0/s1. The third-order valence-corrected chi connectivity index (χ3v) is 5.09. The molecule has 8 nitrogen and oxygen atoms in total. The molecule has 2 N–H and O–H groups in total. The Bertz CT molecular complexity index is 800. The van der Waals surface area contributed by atoms with Gasteiger partial charge in [-0.3, -0.25) is 9.78 Å². The first-order chi connectivity index (χ1) is 12.6. The van der Waals surface area contributed by atoms with Crippen LogP contribution in [0.1, 0.15) is 18.5 Å². The summed E-state index contributed by atoms with van der Waals surface area (Å²) in [4.78, 5) is 29.8. The molecule has 2 aromatic heterocycles. The minimum absolute atomic E-state index is 0.0420. The highest BCUT2D eigenvalue weighted by atomic mass is 16.5. The van der Waals surface area contributed by atoms with E-state index >= 15 is 0 Å². The maximum Gasteiger partial charge on any atom is 0.228 e. The summed E-state index contributed by atoms with van der Waals surface area (Å²) in [6.07, 6.45) is 3.64. The van der Waals surface area contributed by atoms with Crippen molar-refractivity contribution >= 4 is 17.7 Å². The normalized spacial score (nSPS) is 22.4.